The number of rotatable bonds is 5. The maximum atomic E-state index is 6.06. The number of ether oxygens (including phenoxy) is 10. The van der Waals surface area contributed by atoms with Gasteiger partial charge in [0.25, 0.3) is 0 Å². The van der Waals surface area contributed by atoms with Gasteiger partial charge in [-0.05, 0) is 36.6 Å². The van der Waals surface area contributed by atoms with Gasteiger partial charge < -0.3 is 47.4 Å². The number of hydrogen-bond donors (Lipinski definition) is 0. The summed E-state index contributed by atoms with van der Waals surface area (Å²) in [6.45, 7) is 11.0. The van der Waals surface area contributed by atoms with Crippen molar-refractivity contribution in [3.05, 3.63) is 48.6 Å². The lowest BCUT2D eigenvalue weighted by atomic mass is 10.1. The molecule has 0 saturated carbocycles. The van der Waals surface area contributed by atoms with Gasteiger partial charge in [-0.25, -0.2) is 0 Å². The molecule has 0 aromatic heterocycles. The molecule has 2 aromatic carbocycles. The van der Waals surface area contributed by atoms with Gasteiger partial charge in [0, 0.05) is 12.1 Å². The summed E-state index contributed by atoms with van der Waals surface area (Å²) in [5, 5.41) is 9.16. The molecule has 12 heteroatoms. The lowest BCUT2D eigenvalue weighted by Crippen LogP contribution is -2.13. The number of benzene rings is 2. The molecule has 0 atom stereocenters. The van der Waals surface area contributed by atoms with Gasteiger partial charge in [0.15, 0.2) is 23.0 Å². The average molecular weight is 617 g/mol. The summed E-state index contributed by atoms with van der Waals surface area (Å²) < 4.78 is 57.4. The van der Waals surface area contributed by atoms with Crippen LogP contribution in [0.4, 0.5) is 11.4 Å². The number of aryl methyl sites for hydroxylation is 1. The third-order valence-corrected chi connectivity index (χ3v) is 6.39. The average Bonchev–Trinajstić information content (AvgIpc) is 3.05. The molecule has 0 saturated heterocycles. The molecule has 0 N–H and O–H groups in total. The van der Waals surface area contributed by atoms with Crippen molar-refractivity contribution < 1.29 is 47.4 Å². The molecule has 0 spiro atoms. The Morgan fingerprint density at radius 1 is 0.500 bits per heavy atom. The zero-order chi connectivity index (χ0) is 30.5. The molecule has 44 heavy (non-hydrogen) atoms. The molecule has 2 heterocycles. The zero-order valence-corrected chi connectivity index (χ0v) is 25.4. The Bertz CT molecular complexity index is 1150. The Labute approximate surface area is 259 Å². The maximum Gasteiger partial charge on any atom is 0.163 e. The Morgan fingerprint density at radius 2 is 0.932 bits per heavy atom. The predicted octanol–water partition coefficient (Wildman–Crippen LogP) is 4.86. The number of hydrogen-bond acceptors (Lipinski definition) is 12. The van der Waals surface area contributed by atoms with E-state index in [0.717, 1.165) is 12.0 Å². The van der Waals surface area contributed by atoms with E-state index in [9.17, 15) is 0 Å². The first kappa shape index (κ1) is 33.6. The second-order valence-corrected chi connectivity index (χ2v) is 9.65. The third kappa shape index (κ3) is 12.4. The summed E-state index contributed by atoms with van der Waals surface area (Å²) >= 11 is 0. The molecule has 4 rings (SSSR count). The van der Waals surface area contributed by atoms with E-state index >= 15 is 0 Å². The van der Waals surface area contributed by atoms with E-state index in [1.807, 2.05) is 30.3 Å². The van der Waals surface area contributed by atoms with Crippen LogP contribution in [0.1, 0.15) is 12.0 Å². The minimum Gasteiger partial charge on any atom is -0.487 e. The summed E-state index contributed by atoms with van der Waals surface area (Å²) in [4.78, 5) is 0. The highest BCUT2D eigenvalue weighted by atomic mass is 16.6. The summed E-state index contributed by atoms with van der Waals surface area (Å²) in [6.07, 6.45) is 3.34. The number of allylic oxidation sites excluding steroid dienone is 1. The smallest absolute Gasteiger partial charge is 0.163 e. The lowest BCUT2D eigenvalue weighted by molar-refractivity contribution is 0.00708. The van der Waals surface area contributed by atoms with Crippen molar-refractivity contribution in [3.8, 4) is 23.0 Å². The van der Waals surface area contributed by atoms with Crippen molar-refractivity contribution in [1.29, 1.82) is 0 Å². The van der Waals surface area contributed by atoms with E-state index in [4.69, 9.17) is 47.4 Å². The Morgan fingerprint density at radius 3 is 1.43 bits per heavy atom. The Balaban J connectivity index is 1.53. The summed E-state index contributed by atoms with van der Waals surface area (Å²) in [7, 11) is 0. The minimum atomic E-state index is 0.347. The van der Waals surface area contributed by atoms with E-state index in [0.29, 0.717) is 147 Å². The maximum absolute atomic E-state index is 6.06. The normalized spacial score (nSPS) is 18.7. The fourth-order valence-electron chi connectivity index (χ4n) is 4.20. The highest BCUT2D eigenvalue weighted by Gasteiger charge is 2.14. The molecule has 0 radical (unpaired) electrons. The fraction of sp³-hybridized carbons (Fsp3) is 0.562. The van der Waals surface area contributed by atoms with Gasteiger partial charge in [-0.3, -0.25) is 0 Å². The van der Waals surface area contributed by atoms with Crippen LogP contribution in [0.2, 0.25) is 0 Å². The van der Waals surface area contributed by atoms with E-state index in [1.165, 1.54) is 0 Å². The number of nitrogens with zero attached hydrogens (tertiary/aromatic N) is 2. The predicted molar refractivity (Wildman–Crippen MR) is 162 cm³/mol. The molecular formula is C32H44N2O10. The Hall–Kier alpha value is -3.26. The van der Waals surface area contributed by atoms with E-state index in [1.54, 1.807) is 6.07 Å². The molecule has 0 amide bonds. The molecule has 242 valence electrons. The zero-order valence-electron chi connectivity index (χ0n) is 25.4. The van der Waals surface area contributed by atoms with E-state index in [2.05, 4.69) is 16.8 Å². The minimum absolute atomic E-state index is 0.347. The van der Waals surface area contributed by atoms with Crippen LogP contribution in [0, 0.1) is 0 Å². The molecule has 0 fully saturated rings. The second-order valence-electron chi connectivity index (χ2n) is 9.65. The first-order valence-corrected chi connectivity index (χ1v) is 15.1. The lowest BCUT2D eigenvalue weighted by Gasteiger charge is -2.16. The highest BCUT2D eigenvalue weighted by Crippen LogP contribution is 2.38. The summed E-state index contributed by atoms with van der Waals surface area (Å²) in [6, 6.07) is 9.25. The van der Waals surface area contributed by atoms with Crippen molar-refractivity contribution >= 4 is 11.4 Å². The van der Waals surface area contributed by atoms with Crippen LogP contribution in [0.25, 0.3) is 0 Å². The van der Waals surface area contributed by atoms with Gasteiger partial charge in [-0.2, -0.15) is 10.2 Å². The highest BCUT2D eigenvalue weighted by molar-refractivity contribution is 5.58. The molecule has 0 bridgehead atoms. The van der Waals surface area contributed by atoms with Gasteiger partial charge in [0.1, 0.15) is 26.4 Å². The van der Waals surface area contributed by atoms with Crippen molar-refractivity contribution in [2.45, 2.75) is 12.8 Å². The molecule has 12 nitrogen and oxygen atoms in total. The molecule has 2 aromatic rings. The van der Waals surface area contributed by atoms with Crippen molar-refractivity contribution in [2.24, 2.45) is 10.2 Å². The monoisotopic (exact) mass is 616 g/mol. The summed E-state index contributed by atoms with van der Waals surface area (Å²) in [5.41, 5.74) is 2.22. The Kier molecular flexibility index (Phi) is 15.8. The second kappa shape index (κ2) is 20.7. The van der Waals surface area contributed by atoms with Crippen LogP contribution in [0.15, 0.2) is 53.2 Å². The SMILES string of the molecule is C=CCCc1cc2c(cc1N=Nc1ccc3c(c1)OCCOCCOCCOCCO3)OCCOCCOCCOCCO2. The van der Waals surface area contributed by atoms with Gasteiger partial charge in [0.2, 0.25) is 0 Å². The molecule has 0 unspecified atom stereocenters. The summed E-state index contributed by atoms with van der Waals surface area (Å²) in [5.74, 6) is 2.31. The van der Waals surface area contributed by atoms with Crippen LogP contribution in [0.5, 0.6) is 23.0 Å². The van der Waals surface area contributed by atoms with Crippen LogP contribution in [-0.4, -0.2) is 106 Å². The topological polar surface area (TPSA) is 117 Å². The fourth-order valence-corrected chi connectivity index (χ4v) is 4.20. The van der Waals surface area contributed by atoms with E-state index < -0.39 is 0 Å². The van der Waals surface area contributed by atoms with Crippen LogP contribution < -0.4 is 18.9 Å². The molecule has 2 aliphatic heterocycles. The quantitative estimate of drug-likeness (QED) is 0.341. The first-order valence-electron chi connectivity index (χ1n) is 15.1. The van der Waals surface area contributed by atoms with Crippen molar-refractivity contribution in [1.82, 2.24) is 0 Å². The molecule has 0 aliphatic carbocycles. The van der Waals surface area contributed by atoms with Crippen LogP contribution in [0.3, 0.4) is 0 Å². The largest absolute Gasteiger partial charge is 0.487 e. The van der Waals surface area contributed by atoms with Crippen molar-refractivity contribution in [2.75, 3.05) is 106 Å². The van der Waals surface area contributed by atoms with Gasteiger partial charge in [-0.15, -0.1) is 6.58 Å². The molecule has 2 aliphatic rings. The van der Waals surface area contributed by atoms with Crippen LogP contribution in [-0.2, 0) is 34.8 Å². The van der Waals surface area contributed by atoms with Gasteiger partial charge >= 0.3 is 0 Å². The first-order chi connectivity index (χ1) is 21.8. The third-order valence-electron chi connectivity index (χ3n) is 6.39. The van der Waals surface area contributed by atoms with E-state index in [-0.39, 0.29) is 0 Å². The van der Waals surface area contributed by atoms with Crippen LogP contribution >= 0.6 is 0 Å². The number of azo groups is 1. The van der Waals surface area contributed by atoms with Gasteiger partial charge in [-0.1, -0.05) is 6.08 Å². The molecular weight excluding hydrogens is 572 g/mol. The van der Waals surface area contributed by atoms with Gasteiger partial charge in [0.05, 0.1) is 90.7 Å². The number of fused-ring (bicyclic) bond motifs is 2. The standard InChI is InChI=1S/C32H44N2O10/c1-2-3-4-26-23-30-32(44-22-18-40-14-10-36-8-12-38-16-20-42-30)25-28(26)34-33-27-5-6-29-31(24-27)43-21-17-39-13-9-35-7-11-37-15-19-41-29/h2,5-6,23-25H,1,3-4,7-22H2. The van der Waals surface area contributed by atoms with Crippen molar-refractivity contribution in [3.63, 3.8) is 0 Å².